The van der Waals surface area contributed by atoms with Crippen LogP contribution in [0.25, 0.3) is 0 Å². The number of fused-ring (bicyclic) bond motifs is 2. The minimum atomic E-state index is -0.367. The van der Waals surface area contributed by atoms with E-state index in [1.807, 2.05) is 25.1 Å². The van der Waals surface area contributed by atoms with Gasteiger partial charge in [-0.15, -0.1) is 11.8 Å². The lowest BCUT2D eigenvalue weighted by Gasteiger charge is -2.29. The zero-order valence-electron chi connectivity index (χ0n) is 12.8. The van der Waals surface area contributed by atoms with E-state index in [0.29, 0.717) is 24.5 Å². The fourth-order valence-electron chi connectivity index (χ4n) is 3.37. The Morgan fingerprint density at radius 1 is 1.43 bits per heavy atom. The van der Waals surface area contributed by atoms with Gasteiger partial charge >= 0.3 is 0 Å². The van der Waals surface area contributed by atoms with Crippen LogP contribution in [0.4, 0.5) is 0 Å². The Labute approximate surface area is 138 Å². The third kappa shape index (κ3) is 2.43. The molecule has 2 fully saturated rings. The van der Waals surface area contributed by atoms with Gasteiger partial charge in [0.05, 0.1) is 4.87 Å². The number of hydrogen-bond acceptors (Lipinski definition) is 5. The molecule has 23 heavy (non-hydrogen) atoms. The SMILES string of the molecule is C[C@]12CCC(=O)N1[C@H](C(=O)NCc1ccc3c(c1)OCO3)CS2. The monoisotopic (exact) mass is 334 g/mol. The molecule has 3 heterocycles. The summed E-state index contributed by atoms with van der Waals surface area (Å²) in [4.78, 5) is 26.1. The molecular formula is C16H18N2O4S. The standard InChI is InChI=1S/C16H18N2O4S/c1-16-5-4-14(19)18(16)11(8-23-16)15(20)17-7-10-2-3-12-13(6-10)22-9-21-12/h2-3,6,11H,4-5,7-9H2,1H3,(H,17,20)/t11-,16-/m0/s1. The van der Waals surface area contributed by atoms with Crippen LogP contribution in [0.1, 0.15) is 25.3 Å². The molecular weight excluding hydrogens is 316 g/mol. The van der Waals surface area contributed by atoms with Crippen molar-refractivity contribution in [3.05, 3.63) is 23.8 Å². The van der Waals surface area contributed by atoms with Crippen molar-refractivity contribution in [3.8, 4) is 11.5 Å². The number of amides is 2. The van der Waals surface area contributed by atoms with Crippen molar-refractivity contribution in [1.82, 2.24) is 10.2 Å². The van der Waals surface area contributed by atoms with Gasteiger partial charge in [-0.1, -0.05) is 6.07 Å². The van der Waals surface area contributed by atoms with E-state index in [9.17, 15) is 9.59 Å². The molecule has 4 rings (SSSR count). The van der Waals surface area contributed by atoms with Crippen LogP contribution in [-0.2, 0) is 16.1 Å². The van der Waals surface area contributed by atoms with Gasteiger partial charge in [0.25, 0.3) is 0 Å². The molecule has 3 aliphatic rings. The number of nitrogens with zero attached hydrogens (tertiary/aromatic N) is 1. The Kier molecular flexibility index (Phi) is 3.41. The molecule has 1 aromatic rings. The van der Waals surface area contributed by atoms with Crippen molar-refractivity contribution in [2.45, 2.75) is 37.2 Å². The van der Waals surface area contributed by atoms with Gasteiger partial charge in [-0.2, -0.15) is 0 Å². The van der Waals surface area contributed by atoms with Crippen LogP contribution in [0.15, 0.2) is 18.2 Å². The molecule has 3 aliphatic heterocycles. The Morgan fingerprint density at radius 2 is 2.26 bits per heavy atom. The van der Waals surface area contributed by atoms with Gasteiger partial charge in [0.1, 0.15) is 6.04 Å². The number of carbonyl (C=O) groups is 2. The van der Waals surface area contributed by atoms with Crippen LogP contribution in [0.3, 0.4) is 0 Å². The van der Waals surface area contributed by atoms with Crippen molar-refractivity contribution in [3.63, 3.8) is 0 Å². The average Bonchev–Trinajstić information content (AvgIpc) is 3.20. The Bertz CT molecular complexity index is 680. The molecule has 1 aromatic carbocycles. The van der Waals surface area contributed by atoms with Crippen molar-refractivity contribution in [1.29, 1.82) is 0 Å². The first kappa shape index (κ1) is 14.7. The molecule has 122 valence electrons. The lowest BCUT2D eigenvalue weighted by Crippen LogP contribution is -2.49. The predicted octanol–water partition coefficient (Wildman–Crippen LogP) is 1.49. The van der Waals surface area contributed by atoms with E-state index in [0.717, 1.165) is 17.7 Å². The summed E-state index contributed by atoms with van der Waals surface area (Å²) in [5.41, 5.74) is 0.948. The quantitative estimate of drug-likeness (QED) is 0.907. The highest BCUT2D eigenvalue weighted by molar-refractivity contribution is 8.01. The van der Waals surface area contributed by atoms with Crippen LogP contribution in [0.2, 0.25) is 0 Å². The number of hydrogen-bond donors (Lipinski definition) is 1. The van der Waals surface area contributed by atoms with Gasteiger partial charge in [-0.3, -0.25) is 9.59 Å². The number of ether oxygens (including phenoxy) is 2. The topological polar surface area (TPSA) is 67.9 Å². The minimum absolute atomic E-state index is 0.0840. The van der Waals surface area contributed by atoms with Crippen LogP contribution in [-0.4, -0.2) is 40.2 Å². The van der Waals surface area contributed by atoms with Crippen molar-refractivity contribution in [2.75, 3.05) is 12.5 Å². The molecule has 1 N–H and O–H groups in total. The molecule has 2 saturated heterocycles. The molecule has 6 nitrogen and oxygen atoms in total. The van der Waals surface area contributed by atoms with E-state index in [4.69, 9.17) is 9.47 Å². The second-order valence-corrected chi connectivity index (χ2v) is 7.67. The van der Waals surface area contributed by atoms with Gasteiger partial charge in [-0.25, -0.2) is 0 Å². The molecule has 0 aliphatic carbocycles. The smallest absolute Gasteiger partial charge is 0.243 e. The summed E-state index contributed by atoms with van der Waals surface area (Å²) < 4.78 is 10.6. The maximum atomic E-state index is 12.5. The van der Waals surface area contributed by atoms with Crippen molar-refractivity contribution >= 4 is 23.6 Å². The molecule has 2 atom stereocenters. The molecule has 0 aromatic heterocycles. The highest BCUT2D eigenvalue weighted by Gasteiger charge is 2.52. The lowest BCUT2D eigenvalue weighted by atomic mass is 10.2. The number of nitrogens with one attached hydrogen (secondary N) is 1. The van der Waals surface area contributed by atoms with Crippen LogP contribution in [0, 0.1) is 0 Å². The largest absolute Gasteiger partial charge is 0.454 e. The van der Waals surface area contributed by atoms with E-state index in [1.165, 1.54) is 0 Å². The number of carbonyl (C=O) groups excluding carboxylic acids is 2. The minimum Gasteiger partial charge on any atom is -0.454 e. The van der Waals surface area contributed by atoms with Crippen LogP contribution < -0.4 is 14.8 Å². The van der Waals surface area contributed by atoms with Crippen molar-refractivity contribution in [2.24, 2.45) is 0 Å². The number of rotatable bonds is 3. The molecule has 0 unspecified atom stereocenters. The Morgan fingerprint density at radius 3 is 3.13 bits per heavy atom. The predicted molar refractivity (Wildman–Crippen MR) is 85.1 cm³/mol. The third-order valence-electron chi connectivity index (χ3n) is 4.65. The summed E-state index contributed by atoms with van der Waals surface area (Å²) in [6.07, 6.45) is 1.36. The van der Waals surface area contributed by atoms with Gasteiger partial charge in [0.15, 0.2) is 11.5 Å². The van der Waals surface area contributed by atoms with Gasteiger partial charge < -0.3 is 19.7 Å². The average molecular weight is 334 g/mol. The van der Waals surface area contributed by atoms with E-state index in [-0.39, 0.29) is 29.5 Å². The fraction of sp³-hybridized carbons (Fsp3) is 0.500. The lowest BCUT2D eigenvalue weighted by molar-refractivity contribution is -0.138. The maximum Gasteiger partial charge on any atom is 0.243 e. The highest BCUT2D eigenvalue weighted by atomic mass is 32.2. The zero-order valence-corrected chi connectivity index (χ0v) is 13.6. The Balaban J connectivity index is 1.42. The second-order valence-electron chi connectivity index (χ2n) is 6.17. The fourth-order valence-corrected chi connectivity index (χ4v) is 4.80. The summed E-state index contributed by atoms with van der Waals surface area (Å²) in [6, 6.07) is 5.25. The van der Waals surface area contributed by atoms with Crippen molar-refractivity contribution < 1.29 is 19.1 Å². The second kappa shape index (κ2) is 5.33. The first-order valence-electron chi connectivity index (χ1n) is 7.69. The molecule has 0 radical (unpaired) electrons. The van der Waals surface area contributed by atoms with E-state index >= 15 is 0 Å². The maximum absolute atomic E-state index is 12.5. The third-order valence-corrected chi connectivity index (χ3v) is 6.16. The summed E-state index contributed by atoms with van der Waals surface area (Å²) in [6.45, 7) is 2.70. The van der Waals surface area contributed by atoms with E-state index < -0.39 is 0 Å². The van der Waals surface area contributed by atoms with Gasteiger partial charge in [0.2, 0.25) is 18.6 Å². The molecule has 0 saturated carbocycles. The summed E-state index contributed by atoms with van der Waals surface area (Å²) in [7, 11) is 0. The molecule has 0 bridgehead atoms. The molecule has 0 spiro atoms. The van der Waals surface area contributed by atoms with E-state index in [1.54, 1.807) is 16.7 Å². The number of thioether (sulfide) groups is 1. The first-order valence-corrected chi connectivity index (χ1v) is 8.68. The van der Waals surface area contributed by atoms with Gasteiger partial charge in [0, 0.05) is 18.7 Å². The molecule has 7 heteroatoms. The first-order chi connectivity index (χ1) is 11.1. The highest BCUT2D eigenvalue weighted by Crippen LogP contribution is 2.47. The van der Waals surface area contributed by atoms with Gasteiger partial charge in [-0.05, 0) is 31.0 Å². The van der Waals surface area contributed by atoms with E-state index in [2.05, 4.69) is 5.32 Å². The Hall–Kier alpha value is -1.89. The zero-order chi connectivity index (χ0) is 16.0. The molecule has 2 amide bonds. The number of benzene rings is 1. The van der Waals surface area contributed by atoms with Crippen LogP contribution in [0.5, 0.6) is 11.5 Å². The summed E-state index contributed by atoms with van der Waals surface area (Å²) in [5, 5.41) is 2.94. The normalized spacial score (nSPS) is 28.1. The summed E-state index contributed by atoms with van der Waals surface area (Å²) in [5.74, 6) is 2.09. The van der Waals surface area contributed by atoms with Crippen LogP contribution >= 0.6 is 11.8 Å². The summed E-state index contributed by atoms with van der Waals surface area (Å²) >= 11 is 1.70.